The molecular formula is C14H12ClNO2S. The second-order valence-corrected chi connectivity index (χ2v) is 6.00. The molecule has 2 heterocycles. The van der Waals surface area contributed by atoms with Gasteiger partial charge in [0.05, 0.1) is 11.6 Å². The van der Waals surface area contributed by atoms with E-state index in [4.69, 9.17) is 11.6 Å². The summed E-state index contributed by atoms with van der Waals surface area (Å²) in [5, 5.41) is 15.7. The molecule has 0 aliphatic carbocycles. The highest BCUT2D eigenvalue weighted by Gasteiger charge is 2.31. The molecular weight excluding hydrogens is 282 g/mol. The molecule has 1 aromatic heterocycles. The number of hydrogen-bond acceptors (Lipinski definition) is 3. The molecule has 1 aliphatic rings. The zero-order valence-corrected chi connectivity index (χ0v) is 11.8. The van der Waals surface area contributed by atoms with Crippen LogP contribution in [0.5, 0.6) is 0 Å². The number of carbonyl (C=O) groups excluding carboxylic acids is 1. The van der Waals surface area contributed by atoms with Crippen molar-refractivity contribution >= 4 is 34.5 Å². The van der Waals surface area contributed by atoms with Gasteiger partial charge >= 0.3 is 0 Å². The van der Waals surface area contributed by atoms with Crippen molar-refractivity contribution in [1.82, 2.24) is 0 Å². The molecule has 2 unspecified atom stereocenters. The van der Waals surface area contributed by atoms with Crippen molar-refractivity contribution in [3.63, 3.8) is 0 Å². The summed E-state index contributed by atoms with van der Waals surface area (Å²) in [6.45, 7) is 1.83. The SMILES string of the molecule is CC1C(=O)Nc2c1cc(Cl)cc2C(O)c1cccs1. The Balaban J connectivity index is 2.13. The Morgan fingerprint density at radius 2 is 2.26 bits per heavy atom. The number of aliphatic hydroxyl groups excluding tert-OH is 1. The number of rotatable bonds is 2. The van der Waals surface area contributed by atoms with Gasteiger partial charge in [0.15, 0.2) is 0 Å². The molecule has 2 atom stereocenters. The number of nitrogens with one attached hydrogen (secondary N) is 1. The Labute approximate surface area is 119 Å². The van der Waals surface area contributed by atoms with Gasteiger partial charge in [-0.05, 0) is 36.1 Å². The Hall–Kier alpha value is -1.36. The average molecular weight is 294 g/mol. The molecule has 3 rings (SSSR count). The quantitative estimate of drug-likeness (QED) is 0.890. The molecule has 1 aromatic carbocycles. The first-order chi connectivity index (χ1) is 9.08. The summed E-state index contributed by atoms with van der Waals surface area (Å²) in [6, 6.07) is 7.24. The van der Waals surface area contributed by atoms with Gasteiger partial charge < -0.3 is 10.4 Å². The van der Waals surface area contributed by atoms with Crippen LogP contribution in [0.3, 0.4) is 0 Å². The van der Waals surface area contributed by atoms with Crippen molar-refractivity contribution in [2.24, 2.45) is 0 Å². The number of hydrogen-bond donors (Lipinski definition) is 2. The van der Waals surface area contributed by atoms with Crippen molar-refractivity contribution in [1.29, 1.82) is 0 Å². The standard InChI is InChI=1S/C14H12ClNO2S/c1-7-9-5-8(15)6-10(12(9)16-14(7)18)13(17)11-3-2-4-19-11/h2-7,13,17H,1H3,(H,16,18). The molecule has 0 radical (unpaired) electrons. The Morgan fingerprint density at radius 3 is 2.95 bits per heavy atom. The van der Waals surface area contributed by atoms with Crippen LogP contribution in [-0.2, 0) is 4.79 Å². The highest BCUT2D eigenvalue weighted by Crippen LogP contribution is 2.41. The van der Waals surface area contributed by atoms with E-state index in [1.54, 1.807) is 12.1 Å². The fraction of sp³-hybridized carbons (Fsp3) is 0.214. The number of thiophene rings is 1. The number of halogens is 1. The minimum atomic E-state index is -0.766. The van der Waals surface area contributed by atoms with Crippen LogP contribution in [0.2, 0.25) is 5.02 Å². The minimum Gasteiger partial charge on any atom is -0.383 e. The van der Waals surface area contributed by atoms with Crippen LogP contribution >= 0.6 is 22.9 Å². The number of anilines is 1. The summed E-state index contributed by atoms with van der Waals surface area (Å²) in [6.07, 6.45) is -0.766. The van der Waals surface area contributed by atoms with Crippen molar-refractivity contribution in [2.45, 2.75) is 18.9 Å². The largest absolute Gasteiger partial charge is 0.383 e. The number of benzene rings is 1. The number of aliphatic hydroxyl groups is 1. The third-order valence-electron chi connectivity index (χ3n) is 3.38. The van der Waals surface area contributed by atoms with Crippen LogP contribution in [0.1, 0.15) is 34.9 Å². The molecule has 2 aromatic rings. The molecule has 98 valence electrons. The van der Waals surface area contributed by atoms with Crippen LogP contribution in [0.4, 0.5) is 5.69 Å². The predicted molar refractivity (Wildman–Crippen MR) is 76.9 cm³/mol. The smallest absolute Gasteiger partial charge is 0.231 e. The highest BCUT2D eigenvalue weighted by atomic mass is 35.5. The van der Waals surface area contributed by atoms with Gasteiger partial charge in [0.1, 0.15) is 6.10 Å². The second kappa shape index (κ2) is 4.63. The van der Waals surface area contributed by atoms with Crippen LogP contribution in [0, 0.1) is 0 Å². The monoisotopic (exact) mass is 293 g/mol. The predicted octanol–water partition coefficient (Wildman–Crippen LogP) is 3.54. The van der Waals surface area contributed by atoms with E-state index in [0.29, 0.717) is 16.3 Å². The number of fused-ring (bicyclic) bond motifs is 1. The van der Waals surface area contributed by atoms with Crippen LogP contribution in [-0.4, -0.2) is 11.0 Å². The molecule has 0 spiro atoms. The highest BCUT2D eigenvalue weighted by molar-refractivity contribution is 7.10. The fourth-order valence-corrected chi connectivity index (χ4v) is 3.29. The maximum Gasteiger partial charge on any atom is 0.231 e. The van der Waals surface area contributed by atoms with Crippen molar-refractivity contribution < 1.29 is 9.90 Å². The van der Waals surface area contributed by atoms with Gasteiger partial charge in [-0.3, -0.25) is 4.79 Å². The molecule has 1 amide bonds. The Kier molecular flexibility index (Phi) is 3.09. The lowest BCUT2D eigenvalue weighted by atomic mass is 9.97. The molecule has 0 saturated carbocycles. The van der Waals surface area contributed by atoms with E-state index in [1.807, 2.05) is 24.4 Å². The van der Waals surface area contributed by atoms with E-state index in [1.165, 1.54) is 11.3 Å². The summed E-state index contributed by atoms with van der Waals surface area (Å²) in [5.41, 5.74) is 2.20. The first-order valence-electron chi connectivity index (χ1n) is 5.93. The van der Waals surface area contributed by atoms with Crippen molar-refractivity contribution in [2.75, 3.05) is 5.32 Å². The zero-order valence-electron chi connectivity index (χ0n) is 10.2. The summed E-state index contributed by atoms with van der Waals surface area (Å²) < 4.78 is 0. The van der Waals surface area contributed by atoms with E-state index >= 15 is 0 Å². The summed E-state index contributed by atoms with van der Waals surface area (Å²) in [5.74, 6) is -0.292. The summed E-state index contributed by atoms with van der Waals surface area (Å²) in [4.78, 5) is 12.6. The minimum absolute atomic E-state index is 0.0584. The maximum absolute atomic E-state index is 11.8. The fourth-order valence-electron chi connectivity index (χ4n) is 2.32. The van der Waals surface area contributed by atoms with Crippen molar-refractivity contribution in [3.05, 3.63) is 50.7 Å². The Bertz CT molecular complexity index is 639. The molecule has 2 N–H and O–H groups in total. The summed E-state index contributed by atoms with van der Waals surface area (Å²) in [7, 11) is 0. The maximum atomic E-state index is 11.8. The first kappa shape index (κ1) is 12.7. The molecule has 1 aliphatic heterocycles. The topological polar surface area (TPSA) is 49.3 Å². The summed E-state index contributed by atoms with van der Waals surface area (Å²) >= 11 is 7.57. The molecule has 5 heteroatoms. The molecule has 0 fully saturated rings. The molecule has 0 saturated heterocycles. The van der Waals surface area contributed by atoms with Crippen LogP contribution in [0.15, 0.2) is 29.6 Å². The third kappa shape index (κ3) is 2.06. The first-order valence-corrected chi connectivity index (χ1v) is 7.19. The van der Waals surface area contributed by atoms with Crippen LogP contribution < -0.4 is 5.32 Å². The second-order valence-electron chi connectivity index (χ2n) is 4.59. The van der Waals surface area contributed by atoms with Crippen molar-refractivity contribution in [3.8, 4) is 0 Å². The van der Waals surface area contributed by atoms with Gasteiger partial charge in [-0.15, -0.1) is 11.3 Å². The normalized spacial score (nSPS) is 19.1. The lowest BCUT2D eigenvalue weighted by Gasteiger charge is -2.14. The lowest BCUT2D eigenvalue weighted by molar-refractivity contribution is -0.116. The van der Waals surface area contributed by atoms with Gasteiger partial charge in [0, 0.05) is 15.5 Å². The third-order valence-corrected chi connectivity index (χ3v) is 4.52. The van der Waals surface area contributed by atoms with Gasteiger partial charge in [-0.2, -0.15) is 0 Å². The zero-order chi connectivity index (χ0) is 13.6. The van der Waals surface area contributed by atoms with Gasteiger partial charge in [-0.25, -0.2) is 0 Å². The van der Waals surface area contributed by atoms with E-state index < -0.39 is 6.10 Å². The molecule has 3 nitrogen and oxygen atoms in total. The number of amides is 1. The molecule has 0 bridgehead atoms. The van der Waals surface area contributed by atoms with Gasteiger partial charge in [0.25, 0.3) is 0 Å². The van der Waals surface area contributed by atoms with E-state index in [-0.39, 0.29) is 11.8 Å². The number of carbonyl (C=O) groups is 1. The van der Waals surface area contributed by atoms with E-state index in [2.05, 4.69) is 5.32 Å². The lowest BCUT2D eigenvalue weighted by Crippen LogP contribution is -2.09. The molecule has 19 heavy (non-hydrogen) atoms. The van der Waals surface area contributed by atoms with Gasteiger partial charge in [0.2, 0.25) is 5.91 Å². The van der Waals surface area contributed by atoms with Gasteiger partial charge in [-0.1, -0.05) is 17.7 Å². The van der Waals surface area contributed by atoms with E-state index in [9.17, 15) is 9.90 Å². The average Bonchev–Trinajstić information content (AvgIpc) is 3.00. The van der Waals surface area contributed by atoms with E-state index in [0.717, 1.165) is 10.4 Å². The Morgan fingerprint density at radius 1 is 1.47 bits per heavy atom. The van der Waals surface area contributed by atoms with Crippen LogP contribution in [0.25, 0.3) is 0 Å².